The van der Waals surface area contributed by atoms with Crippen molar-refractivity contribution in [3.8, 4) is 0 Å². The lowest BCUT2D eigenvalue weighted by Crippen LogP contribution is -2.19. The number of nitrogens with one attached hydrogen (secondary N) is 1. The van der Waals surface area contributed by atoms with Gasteiger partial charge in [0.15, 0.2) is 0 Å². The van der Waals surface area contributed by atoms with Crippen molar-refractivity contribution in [1.29, 1.82) is 0 Å². The Balaban J connectivity index is 3.40. The lowest BCUT2D eigenvalue weighted by molar-refractivity contribution is 0.185. The van der Waals surface area contributed by atoms with Gasteiger partial charge in [-0.2, -0.15) is 18.2 Å². The van der Waals surface area contributed by atoms with Crippen LogP contribution in [0.4, 0.5) is 0 Å². The molecule has 0 aliphatic carbocycles. The molecule has 2 N–H and O–H groups in total. The summed E-state index contributed by atoms with van der Waals surface area (Å²) in [6, 6.07) is 0. The van der Waals surface area contributed by atoms with Crippen LogP contribution in [0.25, 0.3) is 0 Å². The molecule has 0 radical (unpaired) electrons. The van der Waals surface area contributed by atoms with E-state index in [2.05, 4.69) is 10.9 Å². The second-order valence-electron chi connectivity index (χ2n) is 1.15. The normalized spacial score (nSPS) is 11.2. The Kier molecular flexibility index (Phi) is 3.40. The van der Waals surface area contributed by atoms with Gasteiger partial charge in [0.25, 0.3) is 0 Å². The Labute approximate surface area is 53.2 Å². The molecule has 0 fully saturated rings. The van der Waals surface area contributed by atoms with Crippen LogP contribution in [0.2, 0.25) is 0 Å². The first-order chi connectivity index (χ1) is 4.06. The summed E-state index contributed by atoms with van der Waals surface area (Å²) in [4.78, 5) is 0. The molecule has 6 heteroatoms. The molecular formula is C3H7NO4S. The van der Waals surface area contributed by atoms with Crippen LogP contribution in [-0.2, 0) is 14.7 Å². The summed E-state index contributed by atoms with van der Waals surface area (Å²) in [5.74, 6) is 0. The lowest BCUT2D eigenvalue weighted by Gasteiger charge is -1.95. The second-order valence-corrected chi connectivity index (χ2v) is 2.17. The van der Waals surface area contributed by atoms with E-state index in [9.17, 15) is 8.42 Å². The van der Waals surface area contributed by atoms with Gasteiger partial charge in [-0.1, -0.05) is 6.08 Å². The summed E-state index contributed by atoms with van der Waals surface area (Å²) in [6.07, 6.45) is 1.38. The summed E-state index contributed by atoms with van der Waals surface area (Å²) in [7, 11) is -4.36. The van der Waals surface area contributed by atoms with E-state index in [-0.39, 0.29) is 6.54 Å². The largest absolute Gasteiger partial charge is 0.413 e. The molecule has 0 heterocycles. The van der Waals surface area contributed by atoms with Crippen LogP contribution in [0.3, 0.4) is 0 Å². The molecule has 0 aliphatic rings. The maximum absolute atomic E-state index is 9.74. The lowest BCUT2D eigenvalue weighted by atomic mass is 10.7. The molecule has 0 rings (SSSR count). The van der Waals surface area contributed by atoms with E-state index in [0.29, 0.717) is 0 Å². The molecule has 5 nitrogen and oxygen atoms in total. The van der Waals surface area contributed by atoms with E-state index in [0.717, 1.165) is 0 Å². The van der Waals surface area contributed by atoms with Crippen molar-refractivity contribution < 1.29 is 17.3 Å². The Morgan fingerprint density at radius 1 is 1.78 bits per heavy atom. The average Bonchev–Trinajstić information content (AvgIpc) is 1.63. The number of hydrogen-bond acceptors (Lipinski definition) is 4. The molecule has 0 aromatic carbocycles. The van der Waals surface area contributed by atoms with Gasteiger partial charge in [-0.25, -0.2) is 0 Å². The molecule has 9 heavy (non-hydrogen) atoms. The van der Waals surface area contributed by atoms with E-state index in [1.165, 1.54) is 6.08 Å². The van der Waals surface area contributed by atoms with Gasteiger partial charge in [-0.15, -0.1) is 6.58 Å². The van der Waals surface area contributed by atoms with E-state index in [1.54, 1.807) is 0 Å². The van der Waals surface area contributed by atoms with Crippen LogP contribution >= 0.6 is 0 Å². The minimum Gasteiger partial charge on any atom is -0.262 e. The smallest absolute Gasteiger partial charge is 0.262 e. The van der Waals surface area contributed by atoms with E-state index >= 15 is 0 Å². The van der Waals surface area contributed by atoms with E-state index in [4.69, 9.17) is 4.55 Å². The Bertz CT molecular complexity index is 172. The zero-order valence-electron chi connectivity index (χ0n) is 4.57. The molecular weight excluding hydrogens is 146 g/mol. The summed E-state index contributed by atoms with van der Waals surface area (Å²) < 4.78 is 31.1. The molecule has 0 unspecified atom stereocenters. The van der Waals surface area contributed by atoms with Gasteiger partial charge >= 0.3 is 10.4 Å². The molecule has 0 saturated heterocycles. The predicted molar refractivity (Wildman–Crippen MR) is 30.8 cm³/mol. The fraction of sp³-hybridized carbons (Fsp3) is 0.333. The number of rotatable bonds is 4. The molecule has 0 spiro atoms. The van der Waals surface area contributed by atoms with Gasteiger partial charge in [-0.05, 0) is 0 Å². The van der Waals surface area contributed by atoms with Crippen LogP contribution in [0.5, 0.6) is 0 Å². The molecule has 0 bridgehead atoms. The van der Waals surface area contributed by atoms with Crippen LogP contribution in [0.15, 0.2) is 12.7 Å². The van der Waals surface area contributed by atoms with Crippen molar-refractivity contribution in [3.05, 3.63) is 12.7 Å². The topological polar surface area (TPSA) is 75.6 Å². The standard InChI is InChI=1S/C3H7NO4S/c1-2-3-4-8-9(5,6)7/h2,4H,1,3H2,(H,5,6,7). The van der Waals surface area contributed by atoms with Gasteiger partial charge in [0.2, 0.25) is 0 Å². The van der Waals surface area contributed by atoms with Crippen molar-refractivity contribution in [2.45, 2.75) is 0 Å². The quantitative estimate of drug-likeness (QED) is 0.246. The minimum absolute atomic E-state index is 0.153. The van der Waals surface area contributed by atoms with Gasteiger partial charge < -0.3 is 0 Å². The van der Waals surface area contributed by atoms with Gasteiger partial charge in [-0.3, -0.25) is 4.55 Å². The summed E-state index contributed by atoms with van der Waals surface area (Å²) >= 11 is 0. The molecule has 54 valence electrons. The Hall–Kier alpha value is -0.430. The average molecular weight is 153 g/mol. The van der Waals surface area contributed by atoms with Gasteiger partial charge in [0.1, 0.15) is 0 Å². The Morgan fingerprint density at radius 2 is 2.33 bits per heavy atom. The van der Waals surface area contributed by atoms with Crippen LogP contribution in [0, 0.1) is 0 Å². The maximum Gasteiger partial charge on any atom is 0.413 e. The molecule has 0 aromatic heterocycles. The summed E-state index contributed by atoms with van der Waals surface area (Å²) in [6.45, 7) is 3.41. The van der Waals surface area contributed by atoms with Crippen molar-refractivity contribution >= 4 is 10.4 Å². The zero-order valence-corrected chi connectivity index (χ0v) is 5.39. The fourth-order valence-corrected chi connectivity index (χ4v) is 0.384. The van der Waals surface area contributed by atoms with Crippen LogP contribution < -0.4 is 5.48 Å². The zero-order chi connectivity index (χ0) is 7.33. The van der Waals surface area contributed by atoms with E-state index < -0.39 is 10.4 Å². The number of hydroxylamine groups is 1. The van der Waals surface area contributed by atoms with Crippen LogP contribution in [-0.4, -0.2) is 19.5 Å². The minimum atomic E-state index is -4.36. The maximum atomic E-state index is 9.74. The molecule has 0 amide bonds. The van der Waals surface area contributed by atoms with Crippen molar-refractivity contribution in [3.63, 3.8) is 0 Å². The third-order valence-electron chi connectivity index (χ3n) is 0.392. The Morgan fingerprint density at radius 3 is 2.67 bits per heavy atom. The predicted octanol–water partition coefficient (Wildman–Crippen LogP) is -0.504. The highest BCUT2D eigenvalue weighted by atomic mass is 32.3. The highest BCUT2D eigenvalue weighted by Gasteiger charge is 2.00. The monoisotopic (exact) mass is 153 g/mol. The molecule has 0 atom stereocenters. The highest BCUT2D eigenvalue weighted by Crippen LogP contribution is 1.77. The molecule has 0 aromatic rings. The fourth-order valence-electron chi connectivity index (χ4n) is 0.167. The SMILES string of the molecule is C=CCNOS(=O)(=O)O. The van der Waals surface area contributed by atoms with E-state index in [1.807, 2.05) is 5.48 Å². The first kappa shape index (κ1) is 8.57. The summed E-state index contributed by atoms with van der Waals surface area (Å²) in [5, 5.41) is 0. The van der Waals surface area contributed by atoms with Gasteiger partial charge in [0.05, 0.1) is 0 Å². The first-order valence-electron chi connectivity index (χ1n) is 2.06. The highest BCUT2D eigenvalue weighted by molar-refractivity contribution is 7.80. The molecule has 0 saturated carbocycles. The third-order valence-corrected chi connectivity index (χ3v) is 0.720. The van der Waals surface area contributed by atoms with Crippen molar-refractivity contribution in [1.82, 2.24) is 5.48 Å². The third kappa shape index (κ3) is 7.57. The van der Waals surface area contributed by atoms with Crippen molar-refractivity contribution in [2.75, 3.05) is 6.54 Å². The number of hydrogen-bond donors (Lipinski definition) is 2. The first-order valence-corrected chi connectivity index (χ1v) is 3.42. The van der Waals surface area contributed by atoms with Crippen LogP contribution in [0.1, 0.15) is 0 Å². The molecule has 0 aliphatic heterocycles. The van der Waals surface area contributed by atoms with Crippen molar-refractivity contribution in [2.24, 2.45) is 0 Å². The second kappa shape index (κ2) is 3.57. The summed E-state index contributed by atoms with van der Waals surface area (Å²) in [5.41, 5.74) is 1.92. The van der Waals surface area contributed by atoms with Gasteiger partial charge in [0, 0.05) is 6.54 Å².